The Bertz CT molecular complexity index is 255. The average molecular weight is 247 g/mol. The van der Waals surface area contributed by atoms with Gasteiger partial charge in [-0.15, -0.1) is 0 Å². The molecular formula is C10H17NO4S. The van der Waals surface area contributed by atoms with Gasteiger partial charge in [0.1, 0.15) is 6.54 Å². The molecule has 0 aromatic heterocycles. The molecule has 0 aromatic rings. The highest BCUT2D eigenvalue weighted by Crippen LogP contribution is 2.07. The molecule has 1 amide bonds. The van der Waals surface area contributed by atoms with Crippen molar-refractivity contribution in [3.63, 3.8) is 0 Å². The summed E-state index contributed by atoms with van der Waals surface area (Å²) >= 11 is 1.29. The van der Waals surface area contributed by atoms with Crippen molar-refractivity contribution in [2.24, 2.45) is 0 Å². The Morgan fingerprint density at radius 2 is 1.88 bits per heavy atom. The molecule has 0 atom stereocenters. The number of rotatable bonds is 8. The number of nitrogens with one attached hydrogen (secondary N) is 1. The maximum atomic E-state index is 11.1. The third-order valence-electron chi connectivity index (χ3n) is 1.79. The number of thioether (sulfide) groups is 1. The number of aliphatic carboxylic acids is 1. The second-order valence-corrected chi connectivity index (χ2v) is 4.59. The first-order valence-corrected chi connectivity index (χ1v) is 6.13. The predicted octanol–water partition coefficient (Wildman–Crippen LogP) is 1.03. The molecular weight excluding hydrogens is 230 g/mol. The molecule has 0 saturated carbocycles. The van der Waals surface area contributed by atoms with Gasteiger partial charge < -0.3 is 10.4 Å². The van der Waals surface area contributed by atoms with E-state index in [1.807, 2.05) is 0 Å². The van der Waals surface area contributed by atoms with Crippen molar-refractivity contribution in [1.29, 1.82) is 0 Å². The van der Waals surface area contributed by atoms with Crippen LogP contribution < -0.4 is 5.32 Å². The quantitative estimate of drug-likeness (QED) is 0.626. The minimum Gasteiger partial charge on any atom is -0.480 e. The summed E-state index contributed by atoms with van der Waals surface area (Å²) in [5.74, 6) is -0.487. The van der Waals surface area contributed by atoms with Crippen molar-refractivity contribution in [3.05, 3.63) is 0 Å². The van der Waals surface area contributed by atoms with E-state index in [1.54, 1.807) is 0 Å². The van der Waals surface area contributed by atoms with Gasteiger partial charge in [-0.2, -0.15) is 0 Å². The van der Waals surface area contributed by atoms with Crippen LogP contribution in [-0.4, -0.2) is 34.4 Å². The Labute approximate surface area is 99.0 Å². The normalized spacial score (nSPS) is 9.81. The number of amides is 1. The summed E-state index contributed by atoms with van der Waals surface area (Å²) in [4.78, 5) is 31.8. The standard InChI is InChI=1S/C10H17NO4S/c1-8(12)16-6-4-2-3-5-9(13)11-7-10(14)15/h2-7H2,1H3,(H,11,13)(H,14,15). The van der Waals surface area contributed by atoms with Crippen molar-refractivity contribution in [3.8, 4) is 0 Å². The summed E-state index contributed by atoms with van der Waals surface area (Å²) in [7, 11) is 0. The van der Waals surface area contributed by atoms with Gasteiger partial charge in [-0.1, -0.05) is 18.2 Å². The lowest BCUT2D eigenvalue weighted by Crippen LogP contribution is -2.28. The van der Waals surface area contributed by atoms with Gasteiger partial charge in [0, 0.05) is 19.1 Å². The molecule has 0 unspecified atom stereocenters. The second kappa shape index (κ2) is 9.21. The number of carbonyl (C=O) groups is 3. The molecule has 0 bridgehead atoms. The molecule has 0 fully saturated rings. The highest BCUT2D eigenvalue weighted by Gasteiger charge is 2.03. The number of carboxylic acids is 1. The van der Waals surface area contributed by atoms with Crippen molar-refractivity contribution < 1.29 is 19.5 Å². The molecule has 92 valence electrons. The van der Waals surface area contributed by atoms with Crippen LogP contribution in [0.15, 0.2) is 0 Å². The van der Waals surface area contributed by atoms with Crippen molar-refractivity contribution in [2.75, 3.05) is 12.3 Å². The van der Waals surface area contributed by atoms with Gasteiger partial charge in [-0.05, 0) is 12.8 Å². The summed E-state index contributed by atoms with van der Waals surface area (Å²) in [6.07, 6.45) is 2.85. The van der Waals surface area contributed by atoms with E-state index in [-0.39, 0.29) is 17.6 Å². The zero-order valence-electron chi connectivity index (χ0n) is 9.32. The fourth-order valence-corrected chi connectivity index (χ4v) is 1.68. The van der Waals surface area contributed by atoms with Gasteiger partial charge in [0.05, 0.1) is 0 Å². The van der Waals surface area contributed by atoms with E-state index >= 15 is 0 Å². The lowest BCUT2D eigenvalue weighted by molar-refractivity contribution is -0.137. The minimum absolute atomic E-state index is 0.110. The molecule has 6 heteroatoms. The summed E-state index contributed by atoms with van der Waals surface area (Å²) in [6, 6.07) is 0. The van der Waals surface area contributed by atoms with E-state index in [4.69, 9.17) is 5.11 Å². The molecule has 0 heterocycles. The Morgan fingerprint density at radius 1 is 1.19 bits per heavy atom. The van der Waals surface area contributed by atoms with Crippen LogP contribution in [0.5, 0.6) is 0 Å². The van der Waals surface area contributed by atoms with Crippen LogP contribution in [0.25, 0.3) is 0 Å². The smallest absolute Gasteiger partial charge is 0.322 e. The van der Waals surface area contributed by atoms with Crippen LogP contribution in [-0.2, 0) is 14.4 Å². The van der Waals surface area contributed by atoms with Gasteiger partial charge in [-0.3, -0.25) is 14.4 Å². The number of hydrogen-bond donors (Lipinski definition) is 2. The zero-order valence-corrected chi connectivity index (χ0v) is 10.1. The van der Waals surface area contributed by atoms with Gasteiger partial charge in [0.25, 0.3) is 0 Å². The van der Waals surface area contributed by atoms with Crippen LogP contribution in [0.1, 0.15) is 32.6 Å². The average Bonchev–Trinajstić information content (AvgIpc) is 2.19. The SMILES string of the molecule is CC(=O)SCCCCCC(=O)NCC(=O)O. The summed E-state index contributed by atoms with van der Waals surface area (Å²) in [5, 5.41) is 10.7. The third-order valence-corrected chi connectivity index (χ3v) is 2.69. The third kappa shape index (κ3) is 11.0. The maximum absolute atomic E-state index is 11.1. The minimum atomic E-state index is -1.04. The van der Waals surface area contributed by atoms with Crippen molar-refractivity contribution in [1.82, 2.24) is 5.32 Å². The lowest BCUT2D eigenvalue weighted by atomic mass is 10.2. The van der Waals surface area contributed by atoms with Crippen molar-refractivity contribution in [2.45, 2.75) is 32.6 Å². The first-order valence-electron chi connectivity index (χ1n) is 5.14. The highest BCUT2D eigenvalue weighted by atomic mass is 32.2. The van der Waals surface area contributed by atoms with Crippen LogP contribution in [0.2, 0.25) is 0 Å². The van der Waals surface area contributed by atoms with Crippen LogP contribution >= 0.6 is 11.8 Å². The Kier molecular flexibility index (Phi) is 8.61. The topological polar surface area (TPSA) is 83.5 Å². The Morgan fingerprint density at radius 3 is 2.44 bits per heavy atom. The molecule has 0 aliphatic rings. The molecule has 0 aromatic carbocycles. The van der Waals surface area contributed by atoms with E-state index in [9.17, 15) is 14.4 Å². The molecule has 2 N–H and O–H groups in total. The van der Waals surface area contributed by atoms with Gasteiger partial charge in [0.15, 0.2) is 5.12 Å². The van der Waals surface area contributed by atoms with Crippen LogP contribution in [0.3, 0.4) is 0 Å². The Hall–Kier alpha value is -1.04. The van der Waals surface area contributed by atoms with E-state index in [2.05, 4.69) is 5.32 Å². The summed E-state index contributed by atoms with van der Waals surface area (Å²) in [5.41, 5.74) is 0. The maximum Gasteiger partial charge on any atom is 0.322 e. The largest absolute Gasteiger partial charge is 0.480 e. The van der Waals surface area contributed by atoms with Gasteiger partial charge in [-0.25, -0.2) is 0 Å². The second-order valence-electron chi connectivity index (χ2n) is 3.32. The highest BCUT2D eigenvalue weighted by molar-refractivity contribution is 8.13. The molecule has 0 aliphatic carbocycles. The summed E-state index contributed by atoms with van der Waals surface area (Å²) in [6.45, 7) is 1.21. The molecule has 0 spiro atoms. The molecule has 0 aliphatic heterocycles. The number of unbranched alkanes of at least 4 members (excludes halogenated alkanes) is 2. The van der Waals surface area contributed by atoms with E-state index in [0.717, 1.165) is 25.0 Å². The van der Waals surface area contributed by atoms with Crippen molar-refractivity contribution >= 4 is 28.8 Å². The Balaban J connectivity index is 3.27. The molecule has 0 saturated heterocycles. The molecule has 0 rings (SSSR count). The van der Waals surface area contributed by atoms with Crippen LogP contribution in [0, 0.1) is 0 Å². The van der Waals surface area contributed by atoms with Crippen LogP contribution in [0.4, 0.5) is 0 Å². The number of carbonyl (C=O) groups excluding carboxylic acids is 2. The van der Waals surface area contributed by atoms with E-state index in [0.29, 0.717) is 6.42 Å². The molecule has 16 heavy (non-hydrogen) atoms. The van der Waals surface area contributed by atoms with Gasteiger partial charge in [0.2, 0.25) is 5.91 Å². The zero-order chi connectivity index (χ0) is 12.4. The first kappa shape index (κ1) is 15.0. The first-order chi connectivity index (χ1) is 7.52. The number of carboxylic acid groups (broad SMARTS) is 1. The lowest BCUT2D eigenvalue weighted by Gasteiger charge is -2.02. The molecule has 5 nitrogen and oxygen atoms in total. The van der Waals surface area contributed by atoms with E-state index < -0.39 is 5.97 Å². The predicted molar refractivity (Wildman–Crippen MR) is 62.3 cm³/mol. The number of hydrogen-bond acceptors (Lipinski definition) is 4. The fourth-order valence-electron chi connectivity index (χ4n) is 1.04. The monoisotopic (exact) mass is 247 g/mol. The van der Waals surface area contributed by atoms with Gasteiger partial charge >= 0.3 is 5.97 Å². The van der Waals surface area contributed by atoms with E-state index in [1.165, 1.54) is 18.7 Å². The summed E-state index contributed by atoms with van der Waals surface area (Å²) < 4.78 is 0. The fraction of sp³-hybridized carbons (Fsp3) is 0.700. The molecule has 0 radical (unpaired) electrons.